The van der Waals surface area contributed by atoms with Crippen LogP contribution in [0.15, 0.2) is 24.3 Å². The van der Waals surface area contributed by atoms with E-state index in [1.807, 2.05) is 24.3 Å². The van der Waals surface area contributed by atoms with Crippen LogP contribution < -0.4 is 10.2 Å². The van der Waals surface area contributed by atoms with Crippen LogP contribution in [0.5, 0.6) is 0 Å². The van der Waals surface area contributed by atoms with E-state index in [-0.39, 0.29) is 11.8 Å². The minimum absolute atomic E-state index is 0.0119. The fourth-order valence-corrected chi connectivity index (χ4v) is 2.77. The van der Waals surface area contributed by atoms with Crippen molar-refractivity contribution in [1.29, 1.82) is 0 Å². The molecular weight excluding hydrogens is 312 g/mol. The second kappa shape index (κ2) is 12.5. The number of hydrogen-bond acceptors (Lipinski definition) is 2. The predicted molar refractivity (Wildman–Crippen MR) is 106 cm³/mol. The lowest BCUT2D eigenvalue weighted by molar-refractivity contribution is -0.117. The van der Waals surface area contributed by atoms with Crippen LogP contribution in [0.3, 0.4) is 0 Å². The van der Waals surface area contributed by atoms with Gasteiger partial charge in [-0.25, -0.2) is 0 Å². The van der Waals surface area contributed by atoms with Crippen molar-refractivity contribution in [2.45, 2.75) is 78.1 Å². The van der Waals surface area contributed by atoms with Crippen LogP contribution >= 0.6 is 0 Å². The standard InChI is InChI=1S/C21H34N2O2/c1-4-5-6-7-8-9-10-11-12-13-21(25)22-19-14-16-20(17-15-19)23(3)18(2)24/h14-17H,4-13H2,1-3H3,(H,22,25). The number of hydrogen-bond donors (Lipinski definition) is 1. The molecule has 4 heteroatoms. The summed E-state index contributed by atoms with van der Waals surface area (Å²) in [6, 6.07) is 7.36. The summed E-state index contributed by atoms with van der Waals surface area (Å²) in [5, 5.41) is 2.92. The van der Waals surface area contributed by atoms with E-state index in [2.05, 4.69) is 12.2 Å². The molecule has 0 aliphatic heterocycles. The summed E-state index contributed by atoms with van der Waals surface area (Å²) in [4.78, 5) is 24.9. The van der Waals surface area contributed by atoms with Crippen LogP contribution in [-0.2, 0) is 9.59 Å². The normalized spacial score (nSPS) is 10.5. The summed E-state index contributed by atoms with van der Waals surface area (Å²) in [6.45, 7) is 3.77. The Labute approximate surface area is 153 Å². The van der Waals surface area contributed by atoms with Crippen LogP contribution in [0.1, 0.15) is 78.1 Å². The van der Waals surface area contributed by atoms with Crippen molar-refractivity contribution >= 4 is 23.2 Å². The summed E-state index contributed by atoms with van der Waals surface area (Å²) < 4.78 is 0. The van der Waals surface area contributed by atoms with Gasteiger partial charge in [0.1, 0.15) is 0 Å². The maximum absolute atomic E-state index is 12.0. The van der Waals surface area contributed by atoms with Gasteiger partial charge in [0.05, 0.1) is 0 Å². The molecular formula is C21H34N2O2. The largest absolute Gasteiger partial charge is 0.326 e. The zero-order valence-corrected chi connectivity index (χ0v) is 16.1. The van der Waals surface area contributed by atoms with Crippen LogP contribution in [0.2, 0.25) is 0 Å². The summed E-state index contributed by atoms with van der Waals surface area (Å²) >= 11 is 0. The van der Waals surface area contributed by atoms with Gasteiger partial charge in [0, 0.05) is 31.8 Å². The van der Waals surface area contributed by atoms with E-state index in [1.54, 1.807) is 11.9 Å². The molecule has 4 nitrogen and oxygen atoms in total. The minimum Gasteiger partial charge on any atom is -0.326 e. The van der Waals surface area contributed by atoms with Crippen molar-refractivity contribution < 1.29 is 9.59 Å². The molecule has 0 radical (unpaired) electrons. The molecule has 140 valence electrons. The number of rotatable bonds is 12. The molecule has 0 saturated carbocycles. The SMILES string of the molecule is CCCCCCCCCCCC(=O)Nc1ccc(N(C)C(C)=O)cc1. The van der Waals surface area contributed by atoms with Crippen LogP contribution in [0.4, 0.5) is 11.4 Å². The molecule has 0 bridgehead atoms. The van der Waals surface area contributed by atoms with E-state index in [1.165, 1.54) is 51.9 Å². The van der Waals surface area contributed by atoms with Crippen molar-refractivity contribution in [3.8, 4) is 0 Å². The van der Waals surface area contributed by atoms with E-state index in [4.69, 9.17) is 0 Å². The van der Waals surface area contributed by atoms with E-state index in [0.717, 1.165) is 24.2 Å². The number of amides is 2. The van der Waals surface area contributed by atoms with Crippen LogP contribution in [-0.4, -0.2) is 18.9 Å². The lowest BCUT2D eigenvalue weighted by atomic mass is 10.1. The molecule has 0 heterocycles. The highest BCUT2D eigenvalue weighted by Gasteiger charge is 2.06. The number of carbonyl (C=O) groups excluding carboxylic acids is 2. The highest BCUT2D eigenvalue weighted by atomic mass is 16.2. The van der Waals surface area contributed by atoms with E-state index in [9.17, 15) is 9.59 Å². The molecule has 2 amide bonds. The number of unbranched alkanes of at least 4 members (excludes halogenated alkanes) is 8. The summed E-state index contributed by atoms with van der Waals surface area (Å²) in [7, 11) is 1.74. The van der Waals surface area contributed by atoms with E-state index >= 15 is 0 Å². The molecule has 0 fully saturated rings. The quantitative estimate of drug-likeness (QED) is 0.506. The molecule has 0 unspecified atom stereocenters. The predicted octanol–water partition coefficient (Wildman–Crippen LogP) is 5.53. The maximum Gasteiger partial charge on any atom is 0.224 e. The van der Waals surface area contributed by atoms with Gasteiger partial charge in [0.25, 0.3) is 0 Å². The van der Waals surface area contributed by atoms with Crippen molar-refractivity contribution in [2.75, 3.05) is 17.3 Å². The van der Waals surface area contributed by atoms with Gasteiger partial charge in [-0.3, -0.25) is 9.59 Å². The summed E-state index contributed by atoms with van der Waals surface area (Å²) in [5.41, 5.74) is 1.60. The minimum atomic E-state index is -0.0119. The molecule has 0 aromatic heterocycles. The van der Waals surface area contributed by atoms with Gasteiger partial charge >= 0.3 is 0 Å². The van der Waals surface area contributed by atoms with Gasteiger partial charge in [-0.2, -0.15) is 0 Å². The Morgan fingerprint density at radius 1 is 0.880 bits per heavy atom. The van der Waals surface area contributed by atoms with Crippen molar-refractivity contribution in [1.82, 2.24) is 0 Å². The van der Waals surface area contributed by atoms with Crippen molar-refractivity contribution in [2.24, 2.45) is 0 Å². The summed E-state index contributed by atoms with van der Waals surface area (Å²) in [6.07, 6.45) is 11.9. The maximum atomic E-state index is 12.0. The molecule has 1 aromatic rings. The third-order valence-electron chi connectivity index (χ3n) is 4.52. The first-order chi connectivity index (χ1) is 12.0. The fourth-order valence-electron chi connectivity index (χ4n) is 2.77. The average Bonchev–Trinajstić information content (AvgIpc) is 2.60. The molecule has 0 saturated heterocycles. The van der Waals surface area contributed by atoms with Gasteiger partial charge < -0.3 is 10.2 Å². The van der Waals surface area contributed by atoms with Gasteiger partial charge in [0.2, 0.25) is 11.8 Å². The first-order valence-corrected chi connectivity index (χ1v) is 9.68. The van der Waals surface area contributed by atoms with E-state index in [0.29, 0.717) is 6.42 Å². The van der Waals surface area contributed by atoms with E-state index < -0.39 is 0 Å². The van der Waals surface area contributed by atoms with Crippen molar-refractivity contribution in [3.05, 3.63) is 24.3 Å². The topological polar surface area (TPSA) is 49.4 Å². The van der Waals surface area contributed by atoms with Gasteiger partial charge in [-0.1, -0.05) is 58.3 Å². The first-order valence-electron chi connectivity index (χ1n) is 9.68. The van der Waals surface area contributed by atoms with Gasteiger partial charge in [0.15, 0.2) is 0 Å². The second-order valence-electron chi connectivity index (χ2n) is 6.75. The van der Waals surface area contributed by atoms with Crippen LogP contribution in [0.25, 0.3) is 0 Å². The Morgan fingerprint density at radius 3 is 1.92 bits per heavy atom. The molecule has 1 N–H and O–H groups in total. The number of nitrogens with one attached hydrogen (secondary N) is 1. The molecule has 0 atom stereocenters. The Morgan fingerprint density at radius 2 is 1.40 bits per heavy atom. The highest BCUT2D eigenvalue weighted by Crippen LogP contribution is 2.17. The number of carbonyl (C=O) groups is 2. The van der Waals surface area contributed by atoms with Gasteiger partial charge in [-0.15, -0.1) is 0 Å². The van der Waals surface area contributed by atoms with Crippen molar-refractivity contribution in [3.63, 3.8) is 0 Å². The molecule has 0 aliphatic rings. The zero-order chi connectivity index (χ0) is 18.5. The first kappa shape index (κ1) is 21.2. The molecule has 1 aromatic carbocycles. The lowest BCUT2D eigenvalue weighted by Gasteiger charge is -2.15. The fraction of sp³-hybridized carbons (Fsp3) is 0.619. The third kappa shape index (κ3) is 9.28. The molecule has 0 spiro atoms. The second-order valence-corrected chi connectivity index (χ2v) is 6.75. The Hall–Kier alpha value is -1.84. The zero-order valence-electron chi connectivity index (χ0n) is 16.1. The highest BCUT2D eigenvalue weighted by molar-refractivity contribution is 5.93. The number of anilines is 2. The summed E-state index contributed by atoms with van der Waals surface area (Å²) in [5.74, 6) is 0.0535. The van der Waals surface area contributed by atoms with Crippen LogP contribution in [0, 0.1) is 0 Å². The monoisotopic (exact) mass is 346 g/mol. The third-order valence-corrected chi connectivity index (χ3v) is 4.52. The lowest BCUT2D eigenvalue weighted by Crippen LogP contribution is -2.22. The molecule has 25 heavy (non-hydrogen) atoms. The Bertz CT molecular complexity index is 511. The molecule has 0 aliphatic carbocycles. The number of nitrogens with zero attached hydrogens (tertiary/aromatic N) is 1. The Kier molecular flexibility index (Phi) is 10.6. The Balaban J connectivity index is 2.15. The number of benzene rings is 1. The molecule has 1 rings (SSSR count). The van der Waals surface area contributed by atoms with Gasteiger partial charge in [-0.05, 0) is 30.7 Å². The smallest absolute Gasteiger partial charge is 0.224 e. The average molecular weight is 347 g/mol.